The van der Waals surface area contributed by atoms with E-state index in [2.05, 4.69) is 5.32 Å². The molecule has 3 aromatic rings. The van der Waals surface area contributed by atoms with Crippen LogP contribution >= 0.6 is 23.2 Å². The minimum atomic E-state index is -4.16. The van der Waals surface area contributed by atoms with E-state index in [0.29, 0.717) is 34.2 Å². The molecule has 2 atom stereocenters. The summed E-state index contributed by atoms with van der Waals surface area (Å²) in [7, 11) is -2.65. The number of halogens is 2. The Balaban J connectivity index is 2.06. The zero-order valence-corrected chi connectivity index (χ0v) is 25.8. The van der Waals surface area contributed by atoms with Gasteiger partial charge in [0.05, 0.1) is 27.7 Å². The number of nitrogens with one attached hydrogen (secondary N) is 1. The maximum absolute atomic E-state index is 14.1. The molecule has 0 aromatic heterocycles. The second-order valence-corrected chi connectivity index (χ2v) is 12.2. The van der Waals surface area contributed by atoms with Crippen molar-refractivity contribution in [2.24, 2.45) is 0 Å². The highest BCUT2D eigenvalue weighted by Gasteiger charge is 2.34. The zero-order valence-electron chi connectivity index (χ0n) is 23.5. The maximum atomic E-state index is 14.1. The summed E-state index contributed by atoms with van der Waals surface area (Å²) in [5.74, 6) is -0.346. The average molecular weight is 621 g/mol. The number of anilines is 1. The number of carbonyl (C=O) groups excluding carboxylic acids is 2. The molecular weight excluding hydrogens is 585 g/mol. The fourth-order valence-corrected chi connectivity index (χ4v) is 5.95. The Kier molecular flexibility index (Phi) is 11.5. The van der Waals surface area contributed by atoms with Crippen molar-refractivity contribution in [3.63, 3.8) is 0 Å². The molecule has 3 rings (SSSR count). The molecule has 0 fully saturated rings. The molecule has 0 unspecified atom stereocenters. The highest BCUT2D eigenvalue weighted by Crippen LogP contribution is 2.28. The molecule has 0 radical (unpaired) electrons. The number of benzene rings is 3. The fourth-order valence-electron chi connectivity index (χ4n) is 4.19. The number of hydrogen-bond donors (Lipinski definition) is 1. The predicted octanol–water partition coefficient (Wildman–Crippen LogP) is 5.92. The molecule has 8 nitrogen and oxygen atoms in total. The van der Waals surface area contributed by atoms with Gasteiger partial charge >= 0.3 is 0 Å². The van der Waals surface area contributed by atoms with E-state index < -0.39 is 28.5 Å². The number of amides is 2. The van der Waals surface area contributed by atoms with Crippen molar-refractivity contribution < 1.29 is 22.7 Å². The number of ether oxygens (including phenoxy) is 1. The minimum Gasteiger partial charge on any atom is -0.497 e. The van der Waals surface area contributed by atoms with Crippen molar-refractivity contribution in [1.82, 2.24) is 10.2 Å². The van der Waals surface area contributed by atoms with Crippen LogP contribution in [0.1, 0.15) is 39.2 Å². The van der Waals surface area contributed by atoms with Gasteiger partial charge in [-0.15, -0.1) is 0 Å². The van der Waals surface area contributed by atoms with Gasteiger partial charge in [-0.3, -0.25) is 13.9 Å². The van der Waals surface area contributed by atoms with Crippen LogP contribution in [0, 0.1) is 0 Å². The zero-order chi connectivity index (χ0) is 30.2. The van der Waals surface area contributed by atoms with Gasteiger partial charge in [0.25, 0.3) is 10.0 Å². The van der Waals surface area contributed by atoms with E-state index in [1.54, 1.807) is 67.6 Å². The van der Waals surface area contributed by atoms with Gasteiger partial charge in [-0.1, -0.05) is 61.3 Å². The van der Waals surface area contributed by atoms with Gasteiger partial charge in [0, 0.05) is 12.6 Å². The van der Waals surface area contributed by atoms with Crippen LogP contribution in [0.5, 0.6) is 5.75 Å². The van der Waals surface area contributed by atoms with Gasteiger partial charge in [0.1, 0.15) is 18.3 Å². The number of methoxy groups -OCH3 is 1. The second kappa shape index (κ2) is 14.6. The summed E-state index contributed by atoms with van der Waals surface area (Å²) >= 11 is 12.3. The Morgan fingerprint density at radius 3 is 2.15 bits per heavy atom. The molecule has 3 aromatic carbocycles. The summed E-state index contributed by atoms with van der Waals surface area (Å²) in [4.78, 5) is 28.9. The third-order valence-electron chi connectivity index (χ3n) is 6.69. The first-order valence-electron chi connectivity index (χ1n) is 13.3. The molecule has 0 aliphatic rings. The van der Waals surface area contributed by atoms with E-state index in [1.807, 2.05) is 13.8 Å². The predicted molar refractivity (Wildman–Crippen MR) is 163 cm³/mol. The summed E-state index contributed by atoms with van der Waals surface area (Å²) in [6, 6.07) is 18.3. The van der Waals surface area contributed by atoms with E-state index in [4.69, 9.17) is 27.9 Å². The number of sulfonamides is 1. The first-order valence-corrected chi connectivity index (χ1v) is 15.5. The molecule has 41 heavy (non-hydrogen) atoms. The van der Waals surface area contributed by atoms with Gasteiger partial charge in [0.15, 0.2) is 0 Å². The smallest absolute Gasteiger partial charge is 0.264 e. The quantitative estimate of drug-likeness (QED) is 0.256. The Morgan fingerprint density at radius 1 is 0.927 bits per heavy atom. The standard InChI is InChI=1S/C30H35Cl2N3O5S/c1-5-21(3)33-30(37)28(6-2)34(19-22-12-17-26(31)27(32)18-22)29(36)20-35(23-13-15-24(40-4)16-14-23)41(38,39)25-10-8-7-9-11-25/h7-18,21,28H,5-6,19-20H2,1-4H3,(H,33,37)/t21-,28+/m0/s1. The summed E-state index contributed by atoms with van der Waals surface area (Å²) in [5, 5.41) is 3.61. The Hall–Kier alpha value is -3.27. The normalized spacial score (nSPS) is 12.7. The molecule has 0 heterocycles. The molecule has 220 valence electrons. The van der Waals surface area contributed by atoms with E-state index >= 15 is 0 Å². The largest absolute Gasteiger partial charge is 0.497 e. The van der Waals surface area contributed by atoms with Crippen LogP contribution in [0.15, 0.2) is 77.7 Å². The highest BCUT2D eigenvalue weighted by atomic mass is 35.5. The minimum absolute atomic E-state index is 0.0178. The van der Waals surface area contributed by atoms with Crippen molar-refractivity contribution >= 4 is 50.7 Å². The second-order valence-electron chi connectivity index (χ2n) is 9.53. The van der Waals surface area contributed by atoms with Crippen LogP contribution in [-0.2, 0) is 26.2 Å². The SMILES string of the molecule is CC[C@H](C(=O)N[C@@H](C)CC)N(Cc1ccc(Cl)c(Cl)c1)C(=O)CN(c1ccc(OC)cc1)S(=O)(=O)c1ccccc1. The molecular formula is C30H35Cl2N3O5S. The van der Waals surface area contributed by atoms with Crippen LogP contribution in [0.3, 0.4) is 0 Å². The monoisotopic (exact) mass is 619 g/mol. The summed E-state index contributed by atoms with van der Waals surface area (Å²) in [6.07, 6.45) is 1.02. The van der Waals surface area contributed by atoms with Gasteiger partial charge in [0.2, 0.25) is 11.8 Å². The molecule has 0 aliphatic heterocycles. The van der Waals surface area contributed by atoms with E-state index in [1.165, 1.54) is 24.1 Å². The van der Waals surface area contributed by atoms with Crippen LogP contribution in [0.4, 0.5) is 5.69 Å². The fraction of sp³-hybridized carbons (Fsp3) is 0.333. The first-order chi connectivity index (χ1) is 19.5. The highest BCUT2D eigenvalue weighted by molar-refractivity contribution is 7.92. The first kappa shape index (κ1) is 32.2. The molecule has 1 N–H and O–H groups in total. The molecule has 0 aliphatic carbocycles. The Bertz CT molecular complexity index is 1440. The van der Waals surface area contributed by atoms with E-state index in [0.717, 1.165) is 4.31 Å². The van der Waals surface area contributed by atoms with Crippen molar-refractivity contribution in [2.75, 3.05) is 18.0 Å². The van der Waals surface area contributed by atoms with Gasteiger partial charge in [-0.05, 0) is 73.9 Å². The lowest BCUT2D eigenvalue weighted by molar-refractivity contribution is -0.140. The number of carbonyl (C=O) groups is 2. The van der Waals surface area contributed by atoms with Crippen molar-refractivity contribution in [3.05, 3.63) is 88.4 Å². The Morgan fingerprint density at radius 2 is 1.59 bits per heavy atom. The molecule has 0 spiro atoms. The topological polar surface area (TPSA) is 96.0 Å². The third-order valence-corrected chi connectivity index (χ3v) is 9.22. The van der Waals surface area contributed by atoms with Crippen LogP contribution in [0.25, 0.3) is 0 Å². The van der Waals surface area contributed by atoms with Gasteiger partial charge in [-0.25, -0.2) is 8.42 Å². The number of nitrogens with zero attached hydrogens (tertiary/aromatic N) is 2. The summed E-state index contributed by atoms with van der Waals surface area (Å²) in [5.41, 5.74) is 0.916. The number of rotatable bonds is 13. The third kappa shape index (κ3) is 8.15. The lowest BCUT2D eigenvalue weighted by atomic mass is 10.1. The summed E-state index contributed by atoms with van der Waals surface area (Å²) in [6.45, 7) is 5.11. The van der Waals surface area contributed by atoms with Crippen molar-refractivity contribution in [2.45, 2.75) is 57.1 Å². The van der Waals surface area contributed by atoms with Crippen LogP contribution in [-0.4, -0.2) is 50.9 Å². The van der Waals surface area contributed by atoms with Crippen molar-refractivity contribution in [1.29, 1.82) is 0 Å². The lowest BCUT2D eigenvalue weighted by Crippen LogP contribution is -2.53. The molecule has 2 amide bonds. The average Bonchev–Trinajstić information content (AvgIpc) is 2.97. The Labute approximate surface area is 252 Å². The maximum Gasteiger partial charge on any atom is 0.264 e. The lowest BCUT2D eigenvalue weighted by Gasteiger charge is -2.33. The van der Waals surface area contributed by atoms with E-state index in [9.17, 15) is 18.0 Å². The molecule has 0 bridgehead atoms. The molecule has 0 saturated carbocycles. The van der Waals surface area contributed by atoms with Crippen LogP contribution < -0.4 is 14.4 Å². The van der Waals surface area contributed by atoms with Crippen LogP contribution in [0.2, 0.25) is 10.0 Å². The number of hydrogen-bond acceptors (Lipinski definition) is 5. The summed E-state index contributed by atoms with van der Waals surface area (Å²) < 4.78 is 34.0. The van der Waals surface area contributed by atoms with E-state index in [-0.39, 0.29) is 29.1 Å². The van der Waals surface area contributed by atoms with Gasteiger partial charge in [-0.2, -0.15) is 0 Å². The van der Waals surface area contributed by atoms with Crippen molar-refractivity contribution in [3.8, 4) is 5.75 Å². The van der Waals surface area contributed by atoms with Gasteiger partial charge < -0.3 is 15.0 Å². The molecule has 0 saturated heterocycles. The molecule has 11 heteroatoms.